The van der Waals surface area contributed by atoms with Crippen LogP contribution in [-0.4, -0.2) is 36.2 Å². The van der Waals surface area contributed by atoms with Crippen molar-refractivity contribution >= 4 is 17.5 Å². The molecule has 2 bridgehead atoms. The van der Waals surface area contributed by atoms with Gasteiger partial charge in [-0.15, -0.1) is 0 Å². The second kappa shape index (κ2) is 6.42. The number of pyridine rings is 1. The fraction of sp³-hybridized carbons (Fsp3) is 0.625. The zero-order valence-electron chi connectivity index (χ0n) is 12.9. The van der Waals surface area contributed by atoms with Gasteiger partial charge in [0.05, 0.1) is 12.7 Å². The van der Waals surface area contributed by atoms with E-state index < -0.39 is 0 Å². The van der Waals surface area contributed by atoms with Gasteiger partial charge in [0.2, 0.25) is 5.88 Å². The van der Waals surface area contributed by atoms with Crippen LogP contribution in [0.5, 0.6) is 5.88 Å². The molecule has 120 valence electrons. The van der Waals surface area contributed by atoms with Crippen LogP contribution in [-0.2, 0) is 4.84 Å². The van der Waals surface area contributed by atoms with Gasteiger partial charge in [-0.05, 0) is 37.2 Å². The van der Waals surface area contributed by atoms with E-state index in [2.05, 4.69) is 4.98 Å². The number of ether oxygens (including phenoxy) is 1. The molecule has 1 aromatic heterocycles. The zero-order chi connectivity index (χ0) is 15.7. The average molecular weight is 325 g/mol. The van der Waals surface area contributed by atoms with Crippen molar-refractivity contribution in [1.29, 1.82) is 0 Å². The topological polar surface area (TPSA) is 51.7 Å². The number of carbonyl (C=O) groups is 1. The highest BCUT2D eigenvalue weighted by atomic mass is 35.5. The smallest absolute Gasteiger partial charge is 0.277 e. The number of nitrogens with zero attached hydrogens (tertiary/aromatic N) is 2. The number of hydrogen-bond donors (Lipinski definition) is 0. The second-order valence-electron chi connectivity index (χ2n) is 6.26. The van der Waals surface area contributed by atoms with E-state index in [0.29, 0.717) is 11.4 Å². The Balaban J connectivity index is 1.73. The van der Waals surface area contributed by atoms with E-state index in [-0.39, 0.29) is 17.2 Å². The molecule has 0 spiro atoms. The predicted octanol–water partition coefficient (Wildman–Crippen LogP) is 3.33. The summed E-state index contributed by atoms with van der Waals surface area (Å²) in [5.74, 6) is 1.71. The van der Waals surface area contributed by atoms with Crippen molar-refractivity contribution in [3.63, 3.8) is 0 Å². The highest BCUT2D eigenvalue weighted by Crippen LogP contribution is 2.43. The molecule has 2 aliphatic rings. The molecule has 6 heteroatoms. The minimum Gasteiger partial charge on any atom is -0.474 e. The van der Waals surface area contributed by atoms with Crippen molar-refractivity contribution in [2.75, 3.05) is 14.2 Å². The summed E-state index contributed by atoms with van der Waals surface area (Å²) in [4.78, 5) is 21.3. The molecule has 0 aromatic carbocycles. The molecule has 2 aliphatic carbocycles. The van der Waals surface area contributed by atoms with E-state index in [1.165, 1.54) is 32.4 Å². The van der Waals surface area contributed by atoms with Crippen LogP contribution in [0.4, 0.5) is 0 Å². The Morgan fingerprint density at radius 2 is 1.95 bits per heavy atom. The monoisotopic (exact) mass is 324 g/mol. The van der Waals surface area contributed by atoms with Gasteiger partial charge < -0.3 is 4.74 Å². The van der Waals surface area contributed by atoms with Crippen LogP contribution in [0, 0.1) is 11.8 Å². The summed E-state index contributed by atoms with van der Waals surface area (Å²) in [7, 11) is 2.99. The Hall–Kier alpha value is -1.33. The summed E-state index contributed by atoms with van der Waals surface area (Å²) >= 11 is 6.03. The standard InChI is InChI=1S/C16H21ClN2O3/c1-19(21-2)16(20)12-8-14(17)18-15(9-12)22-13-6-10-3-4-11(5-10)7-13/h8-11,13H,3-7H2,1-2H3/t10-,11+,13-. The van der Waals surface area contributed by atoms with Gasteiger partial charge >= 0.3 is 0 Å². The first-order chi connectivity index (χ1) is 10.5. The van der Waals surface area contributed by atoms with Crippen molar-refractivity contribution in [2.45, 2.75) is 38.2 Å². The van der Waals surface area contributed by atoms with Crippen LogP contribution in [0.3, 0.4) is 0 Å². The number of hydroxylamine groups is 2. The maximum Gasteiger partial charge on any atom is 0.277 e. The number of amides is 1. The second-order valence-corrected chi connectivity index (χ2v) is 6.65. The maximum absolute atomic E-state index is 12.1. The molecule has 0 saturated heterocycles. The minimum atomic E-state index is -0.277. The molecule has 3 atom stereocenters. The third kappa shape index (κ3) is 3.36. The molecule has 0 N–H and O–H groups in total. The molecule has 1 amide bonds. The molecule has 1 heterocycles. The van der Waals surface area contributed by atoms with Crippen LogP contribution in [0.2, 0.25) is 5.15 Å². The highest BCUT2D eigenvalue weighted by molar-refractivity contribution is 6.29. The van der Waals surface area contributed by atoms with Crippen LogP contribution >= 0.6 is 11.6 Å². The average Bonchev–Trinajstić information content (AvgIpc) is 2.84. The lowest BCUT2D eigenvalue weighted by atomic mass is 9.87. The Labute approximate surface area is 135 Å². The number of hydrogen-bond acceptors (Lipinski definition) is 4. The fourth-order valence-electron chi connectivity index (χ4n) is 3.63. The minimum absolute atomic E-state index is 0.181. The molecule has 0 aliphatic heterocycles. The van der Waals surface area contributed by atoms with Gasteiger partial charge in [0, 0.05) is 13.1 Å². The number of rotatable bonds is 4. The number of carbonyl (C=O) groups excluding carboxylic acids is 1. The molecule has 1 aromatic rings. The zero-order valence-corrected chi connectivity index (χ0v) is 13.7. The predicted molar refractivity (Wildman–Crippen MR) is 82.8 cm³/mol. The molecular formula is C16H21ClN2O3. The van der Waals surface area contributed by atoms with Gasteiger partial charge in [0.15, 0.2) is 0 Å². The van der Waals surface area contributed by atoms with Crippen LogP contribution in [0.15, 0.2) is 12.1 Å². The third-order valence-electron chi connectivity index (χ3n) is 4.71. The normalized spacial score (nSPS) is 26.8. The van der Waals surface area contributed by atoms with E-state index in [0.717, 1.165) is 29.7 Å². The molecule has 0 radical (unpaired) electrons. The van der Waals surface area contributed by atoms with Gasteiger partial charge in [-0.3, -0.25) is 9.63 Å². The van der Waals surface area contributed by atoms with Crippen LogP contribution in [0.1, 0.15) is 42.5 Å². The summed E-state index contributed by atoms with van der Waals surface area (Å²) in [5, 5.41) is 1.40. The summed E-state index contributed by atoms with van der Waals surface area (Å²) in [6.45, 7) is 0. The van der Waals surface area contributed by atoms with Gasteiger partial charge in [-0.2, -0.15) is 0 Å². The Morgan fingerprint density at radius 1 is 1.27 bits per heavy atom. The number of halogens is 1. The van der Waals surface area contributed by atoms with Gasteiger partial charge in [0.1, 0.15) is 11.3 Å². The lowest BCUT2D eigenvalue weighted by Crippen LogP contribution is -2.27. The number of aromatic nitrogens is 1. The lowest BCUT2D eigenvalue weighted by molar-refractivity contribution is -0.0757. The highest BCUT2D eigenvalue weighted by Gasteiger charge is 2.35. The fourth-order valence-corrected chi connectivity index (χ4v) is 3.84. The summed E-state index contributed by atoms with van der Waals surface area (Å²) in [5.41, 5.74) is 0.415. The summed E-state index contributed by atoms with van der Waals surface area (Å²) in [6.07, 6.45) is 6.30. The summed E-state index contributed by atoms with van der Waals surface area (Å²) in [6, 6.07) is 3.16. The SMILES string of the molecule is CON(C)C(=O)c1cc(Cl)nc(O[C@@H]2C[C@@H]3CC[C@@H](C3)C2)c1. The van der Waals surface area contributed by atoms with E-state index in [4.69, 9.17) is 21.2 Å². The first kappa shape index (κ1) is 15.6. The van der Waals surface area contributed by atoms with E-state index >= 15 is 0 Å². The molecule has 3 rings (SSSR count). The molecule has 2 saturated carbocycles. The lowest BCUT2D eigenvalue weighted by Gasteiger charge is -2.28. The molecular weight excluding hydrogens is 304 g/mol. The Morgan fingerprint density at radius 3 is 2.59 bits per heavy atom. The Kier molecular flexibility index (Phi) is 4.54. The van der Waals surface area contributed by atoms with Crippen molar-refractivity contribution in [3.05, 3.63) is 22.8 Å². The molecule has 0 unspecified atom stereocenters. The van der Waals surface area contributed by atoms with Crippen molar-refractivity contribution in [3.8, 4) is 5.88 Å². The van der Waals surface area contributed by atoms with Crippen molar-refractivity contribution < 1.29 is 14.4 Å². The Bertz CT molecular complexity index is 554. The summed E-state index contributed by atoms with van der Waals surface area (Å²) < 4.78 is 6.01. The van der Waals surface area contributed by atoms with E-state index in [9.17, 15) is 4.79 Å². The number of fused-ring (bicyclic) bond motifs is 2. The van der Waals surface area contributed by atoms with E-state index in [1.54, 1.807) is 13.1 Å². The van der Waals surface area contributed by atoms with Gasteiger partial charge in [0.25, 0.3) is 5.91 Å². The third-order valence-corrected chi connectivity index (χ3v) is 4.90. The van der Waals surface area contributed by atoms with Crippen molar-refractivity contribution in [1.82, 2.24) is 10.0 Å². The molecule has 22 heavy (non-hydrogen) atoms. The van der Waals surface area contributed by atoms with Crippen LogP contribution in [0.25, 0.3) is 0 Å². The largest absolute Gasteiger partial charge is 0.474 e. The van der Waals surface area contributed by atoms with Gasteiger partial charge in [-0.1, -0.05) is 24.4 Å². The quantitative estimate of drug-likeness (QED) is 0.629. The first-order valence-electron chi connectivity index (χ1n) is 7.71. The molecule has 5 nitrogen and oxygen atoms in total. The van der Waals surface area contributed by atoms with Gasteiger partial charge in [-0.25, -0.2) is 10.0 Å². The first-order valence-corrected chi connectivity index (χ1v) is 8.09. The maximum atomic E-state index is 12.1. The van der Waals surface area contributed by atoms with E-state index in [1.807, 2.05) is 0 Å². The van der Waals surface area contributed by atoms with Crippen LogP contribution < -0.4 is 4.74 Å². The van der Waals surface area contributed by atoms with Crippen molar-refractivity contribution in [2.24, 2.45) is 11.8 Å². The molecule has 2 fully saturated rings.